The van der Waals surface area contributed by atoms with Crippen molar-refractivity contribution in [3.63, 3.8) is 0 Å². The Bertz CT molecular complexity index is 1270. The van der Waals surface area contributed by atoms with Gasteiger partial charge < -0.3 is 10.6 Å². The third kappa shape index (κ3) is 4.40. The smallest absolute Gasteiger partial charge is 0.323 e. The van der Waals surface area contributed by atoms with Gasteiger partial charge in [0.2, 0.25) is 0 Å². The number of hydrogen-bond donors (Lipinski definition) is 2. The Morgan fingerprint density at radius 3 is 2.55 bits per heavy atom. The zero-order valence-corrected chi connectivity index (χ0v) is 18.0. The molecule has 4 rings (SSSR count). The molecular weight excluding hydrogens is 454 g/mol. The van der Waals surface area contributed by atoms with Gasteiger partial charge in [0.05, 0.1) is 16.9 Å². The van der Waals surface area contributed by atoms with E-state index in [4.69, 9.17) is 11.6 Å². The summed E-state index contributed by atoms with van der Waals surface area (Å²) in [4.78, 5) is 42.4. The van der Waals surface area contributed by atoms with Crippen molar-refractivity contribution in [3.8, 4) is 0 Å². The zero-order chi connectivity index (χ0) is 23.8. The maximum Gasteiger partial charge on any atom is 0.329 e. The molecule has 3 aromatic rings. The number of rotatable bonds is 5. The molecule has 1 aliphatic rings. The summed E-state index contributed by atoms with van der Waals surface area (Å²) in [6, 6.07) is 13.3. The first-order valence-corrected chi connectivity index (χ1v) is 10.2. The Morgan fingerprint density at radius 2 is 1.88 bits per heavy atom. The lowest BCUT2D eigenvalue weighted by molar-refractivity contribution is -0.121. The summed E-state index contributed by atoms with van der Waals surface area (Å²) >= 11 is 6.31. The molecule has 4 amide bonds. The van der Waals surface area contributed by atoms with Crippen molar-refractivity contribution in [2.24, 2.45) is 0 Å². The summed E-state index contributed by atoms with van der Waals surface area (Å²) < 4.78 is 26.8. The summed E-state index contributed by atoms with van der Waals surface area (Å²) in [6.45, 7) is 1.63. The minimum Gasteiger partial charge on any atom is -0.323 e. The van der Waals surface area contributed by atoms with Crippen LogP contribution in [-0.4, -0.2) is 28.4 Å². The number of halogens is 3. The first-order valence-electron chi connectivity index (χ1n) is 9.80. The van der Waals surface area contributed by atoms with Crippen LogP contribution in [0.5, 0.6) is 0 Å². The lowest BCUT2D eigenvalue weighted by atomic mass is 9.93. The topological polar surface area (TPSA) is 91.4 Å². The Morgan fingerprint density at radius 1 is 1.15 bits per heavy atom. The Balaban J connectivity index is 1.54. The van der Waals surface area contributed by atoms with E-state index in [0.29, 0.717) is 6.07 Å². The highest BCUT2D eigenvalue weighted by Crippen LogP contribution is 2.34. The second-order valence-electron chi connectivity index (χ2n) is 7.67. The van der Waals surface area contributed by atoms with Gasteiger partial charge in [0.1, 0.15) is 11.4 Å². The Labute approximate surface area is 192 Å². The van der Waals surface area contributed by atoms with Crippen LogP contribution in [0.3, 0.4) is 0 Å². The molecule has 1 saturated heterocycles. The summed E-state index contributed by atoms with van der Waals surface area (Å²) in [5.41, 5.74) is -0.595. The maximum absolute atomic E-state index is 13.8. The minimum atomic E-state index is -1.17. The van der Waals surface area contributed by atoms with E-state index in [1.165, 1.54) is 18.2 Å². The van der Waals surface area contributed by atoms with Crippen LogP contribution in [-0.2, 0) is 11.2 Å². The molecule has 2 heterocycles. The van der Waals surface area contributed by atoms with Gasteiger partial charge in [0.25, 0.3) is 11.8 Å². The number of imide groups is 1. The molecule has 2 N–H and O–H groups in total. The van der Waals surface area contributed by atoms with Gasteiger partial charge in [-0.05, 0) is 30.7 Å². The van der Waals surface area contributed by atoms with Gasteiger partial charge in [-0.15, -0.1) is 0 Å². The number of nitrogens with zero attached hydrogens (tertiary/aromatic N) is 2. The van der Waals surface area contributed by atoms with Crippen molar-refractivity contribution < 1.29 is 23.2 Å². The number of nitrogens with one attached hydrogen (secondary N) is 2. The highest BCUT2D eigenvalue weighted by atomic mass is 35.5. The molecule has 1 fully saturated rings. The molecule has 10 heteroatoms. The highest BCUT2D eigenvalue weighted by Gasteiger charge is 2.48. The second-order valence-corrected chi connectivity index (χ2v) is 8.08. The van der Waals surface area contributed by atoms with Crippen LogP contribution in [0.2, 0.25) is 5.02 Å². The van der Waals surface area contributed by atoms with Crippen LogP contribution in [0.4, 0.5) is 25.0 Å². The number of carbonyl (C=O) groups excluding carboxylic acids is 3. The van der Waals surface area contributed by atoms with Crippen molar-refractivity contribution in [1.82, 2.24) is 10.3 Å². The van der Waals surface area contributed by atoms with Crippen LogP contribution < -0.4 is 15.5 Å². The fourth-order valence-electron chi connectivity index (χ4n) is 3.57. The number of pyridine rings is 1. The molecule has 1 atom stereocenters. The normalized spacial score (nSPS) is 17.8. The molecule has 0 bridgehead atoms. The number of amides is 4. The summed E-state index contributed by atoms with van der Waals surface area (Å²) in [5.74, 6) is -3.43. The van der Waals surface area contributed by atoms with Crippen molar-refractivity contribution in [1.29, 1.82) is 0 Å². The average molecular weight is 471 g/mol. The number of anilines is 2. The Kier molecular flexibility index (Phi) is 5.82. The lowest BCUT2D eigenvalue weighted by Crippen LogP contribution is -2.46. The molecule has 1 aliphatic heterocycles. The highest BCUT2D eigenvalue weighted by molar-refractivity contribution is 6.36. The van der Waals surface area contributed by atoms with Crippen LogP contribution in [0.1, 0.15) is 23.0 Å². The summed E-state index contributed by atoms with van der Waals surface area (Å²) in [5, 5.41) is 5.12. The molecule has 0 radical (unpaired) electrons. The molecule has 33 heavy (non-hydrogen) atoms. The van der Waals surface area contributed by atoms with E-state index in [0.717, 1.165) is 16.7 Å². The van der Waals surface area contributed by atoms with Gasteiger partial charge in [-0.2, -0.15) is 0 Å². The minimum absolute atomic E-state index is 0.00722. The molecule has 168 valence electrons. The van der Waals surface area contributed by atoms with Crippen LogP contribution >= 0.6 is 11.6 Å². The fourth-order valence-corrected chi connectivity index (χ4v) is 3.83. The number of hydrogen-bond acceptors (Lipinski definition) is 4. The van der Waals surface area contributed by atoms with E-state index in [9.17, 15) is 23.2 Å². The number of benzene rings is 2. The standard InChI is InChI=1S/C23H17ClF2N4O3/c1-23(11-13-5-3-2-4-6-13)21(32)30(22(33)29-23)18-8-7-15(10-16(18)24)28-20(31)19-17(26)9-14(25)12-27-19/h2-10,12H,11H2,1H3,(H,28,31)(H,29,33)/t23-/m0/s1. The van der Waals surface area contributed by atoms with Gasteiger partial charge in [0, 0.05) is 18.2 Å². The van der Waals surface area contributed by atoms with E-state index in [-0.39, 0.29) is 22.8 Å². The van der Waals surface area contributed by atoms with Gasteiger partial charge in [-0.1, -0.05) is 41.9 Å². The van der Waals surface area contributed by atoms with Crippen molar-refractivity contribution >= 4 is 40.8 Å². The van der Waals surface area contributed by atoms with Crippen LogP contribution in [0.15, 0.2) is 60.8 Å². The van der Waals surface area contributed by atoms with E-state index in [1.807, 2.05) is 30.3 Å². The molecule has 7 nitrogen and oxygen atoms in total. The fraction of sp³-hybridized carbons (Fsp3) is 0.130. The van der Waals surface area contributed by atoms with Gasteiger partial charge in [0.15, 0.2) is 11.5 Å². The van der Waals surface area contributed by atoms with E-state index < -0.39 is 40.7 Å². The van der Waals surface area contributed by atoms with Crippen molar-refractivity contribution in [2.45, 2.75) is 18.9 Å². The molecule has 0 aliphatic carbocycles. The third-order valence-corrected chi connectivity index (χ3v) is 5.43. The van der Waals surface area contributed by atoms with E-state index in [2.05, 4.69) is 15.6 Å². The van der Waals surface area contributed by atoms with E-state index >= 15 is 0 Å². The third-order valence-electron chi connectivity index (χ3n) is 5.13. The number of carbonyl (C=O) groups is 3. The number of urea groups is 1. The quantitative estimate of drug-likeness (QED) is 0.543. The van der Waals surface area contributed by atoms with Crippen molar-refractivity contribution in [3.05, 3.63) is 88.7 Å². The van der Waals surface area contributed by atoms with E-state index in [1.54, 1.807) is 6.92 Å². The predicted molar refractivity (Wildman–Crippen MR) is 118 cm³/mol. The lowest BCUT2D eigenvalue weighted by Gasteiger charge is -2.22. The monoisotopic (exact) mass is 470 g/mol. The van der Waals surface area contributed by atoms with Gasteiger partial charge in [-0.25, -0.2) is 23.5 Å². The predicted octanol–water partition coefficient (Wildman–Crippen LogP) is 4.32. The first-order chi connectivity index (χ1) is 15.7. The molecule has 1 aromatic heterocycles. The molecule has 0 spiro atoms. The number of aromatic nitrogens is 1. The van der Waals surface area contributed by atoms with Gasteiger partial charge in [-0.3, -0.25) is 9.59 Å². The summed E-state index contributed by atoms with van der Waals surface area (Å²) in [7, 11) is 0. The molecule has 0 unspecified atom stereocenters. The molecular formula is C23H17ClF2N4O3. The van der Waals surface area contributed by atoms with Crippen LogP contribution in [0.25, 0.3) is 0 Å². The average Bonchev–Trinajstić information content (AvgIpc) is 2.97. The molecule has 0 saturated carbocycles. The summed E-state index contributed by atoms with van der Waals surface area (Å²) in [6.07, 6.45) is 1.01. The SMILES string of the molecule is C[C@@]1(Cc2ccccc2)NC(=O)N(c2ccc(NC(=O)c3ncc(F)cc3F)cc2Cl)C1=O. The molecule has 2 aromatic carbocycles. The van der Waals surface area contributed by atoms with Crippen molar-refractivity contribution in [2.75, 3.05) is 10.2 Å². The first kappa shape index (κ1) is 22.3. The van der Waals surface area contributed by atoms with Crippen LogP contribution in [0, 0.1) is 11.6 Å². The Hall–Kier alpha value is -3.85. The zero-order valence-electron chi connectivity index (χ0n) is 17.2. The maximum atomic E-state index is 13.8. The second kappa shape index (κ2) is 8.59. The largest absolute Gasteiger partial charge is 0.329 e. The van der Waals surface area contributed by atoms with Gasteiger partial charge >= 0.3 is 6.03 Å².